The quantitative estimate of drug-likeness (QED) is 0.746. The Kier molecular flexibility index (Phi) is 5.50. The predicted molar refractivity (Wildman–Crippen MR) is 104 cm³/mol. The molecule has 0 radical (unpaired) electrons. The number of benzene rings is 2. The fourth-order valence-corrected chi connectivity index (χ4v) is 3.32. The zero-order valence-electron chi connectivity index (χ0n) is 16.0. The van der Waals surface area contributed by atoms with E-state index in [9.17, 15) is 4.79 Å². The maximum Gasteiger partial charge on any atom is 0.411 e. The van der Waals surface area contributed by atoms with Crippen LogP contribution in [-0.2, 0) is 17.8 Å². The number of hydrogen-bond acceptors (Lipinski definition) is 3. The van der Waals surface area contributed by atoms with Gasteiger partial charge >= 0.3 is 6.09 Å². The van der Waals surface area contributed by atoms with Crippen molar-refractivity contribution >= 4 is 11.8 Å². The summed E-state index contributed by atoms with van der Waals surface area (Å²) in [6.07, 6.45) is 2.90. The molecule has 1 aliphatic rings. The smallest absolute Gasteiger partial charge is 0.411 e. The van der Waals surface area contributed by atoms with E-state index >= 15 is 0 Å². The predicted octanol–water partition coefficient (Wildman–Crippen LogP) is 5.50. The molecule has 2 aromatic rings. The van der Waals surface area contributed by atoms with Crippen LogP contribution in [0.2, 0.25) is 0 Å². The van der Waals surface area contributed by atoms with Crippen molar-refractivity contribution in [1.29, 1.82) is 0 Å². The molecule has 1 amide bonds. The first-order valence-corrected chi connectivity index (χ1v) is 9.23. The molecule has 26 heavy (non-hydrogen) atoms. The highest BCUT2D eigenvalue weighted by Gasteiger charge is 2.28. The van der Waals surface area contributed by atoms with Crippen molar-refractivity contribution in [2.45, 2.75) is 52.6 Å². The highest BCUT2D eigenvalue weighted by atomic mass is 16.5. The number of amides is 1. The largest absolute Gasteiger partial charge is 0.489 e. The van der Waals surface area contributed by atoms with E-state index in [0.29, 0.717) is 12.5 Å². The molecule has 138 valence electrons. The molecule has 0 aromatic heterocycles. The Balaban J connectivity index is 1.84. The second kappa shape index (κ2) is 7.81. The fraction of sp³-hybridized carbons (Fsp3) is 0.409. The second-order valence-electron chi connectivity index (χ2n) is 6.96. The SMILES string of the molecule is CCc1cc(C)c(OCc2cccc(C3CC3)c2NC(=O)OC)cc1C. The molecule has 0 saturated heterocycles. The van der Waals surface area contributed by atoms with Crippen LogP contribution in [0.25, 0.3) is 0 Å². The first kappa shape index (κ1) is 18.3. The molecule has 0 bridgehead atoms. The van der Waals surface area contributed by atoms with Crippen molar-refractivity contribution in [2.75, 3.05) is 12.4 Å². The van der Waals surface area contributed by atoms with Crippen molar-refractivity contribution in [2.24, 2.45) is 0 Å². The molecule has 1 aliphatic carbocycles. The molecule has 1 N–H and O–H groups in total. The molecule has 1 saturated carbocycles. The first-order valence-electron chi connectivity index (χ1n) is 9.23. The van der Waals surface area contributed by atoms with Crippen LogP contribution in [0.4, 0.5) is 10.5 Å². The van der Waals surface area contributed by atoms with Crippen LogP contribution in [0.5, 0.6) is 5.75 Å². The summed E-state index contributed by atoms with van der Waals surface area (Å²) in [4.78, 5) is 11.8. The summed E-state index contributed by atoms with van der Waals surface area (Å²) in [5.74, 6) is 1.41. The van der Waals surface area contributed by atoms with Crippen LogP contribution in [0.15, 0.2) is 30.3 Å². The first-order chi connectivity index (χ1) is 12.5. The number of anilines is 1. The number of nitrogens with one attached hydrogen (secondary N) is 1. The molecule has 0 aliphatic heterocycles. The summed E-state index contributed by atoms with van der Waals surface area (Å²) < 4.78 is 10.9. The zero-order chi connectivity index (χ0) is 18.7. The lowest BCUT2D eigenvalue weighted by molar-refractivity contribution is 0.187. The Morgan fingerprint density at radius 2 is 1.92 bits per heavy atom. The summed E-state index contributed by atoms with van der Waals surface area (Å²) in [6, 6.07) is 10.4. The van der Waals surface area contributed by atoms with E-state index in [1.165, 1.54) is 23.8 Å². The van der Waals surface area contributed by atoms with Gasteiger partial charge in [-0.05, 0) is 67.3 Å². The summed E-state index contributed by atoms with van der Waals surface area (Å²) in [5.41, 5.74) is 6.70. The van der Waals surface area contributed by atoms with Gasteiger partial charge in [-0.2, -0.15) is 0 Å². The Labute approximate surface area is 155 Å². The van der Waals surface area contributed by atoms with E-state index in [1.54, 1.807) is 0 Å². The maximum atomic E-state index is 11.8. The van der Waals surface area contributed by atoms with Gasteiger partial charge in [0.2, 0.25) is 0 Å². The van der Waals surface area contributed by atoms with Gasteiger partial charge < -0.3 is 9.47 Å². The van der Waals surface area contributed by atoms with Crippen LogP contribution >= 0.6 is 0 Å². The summed E-state index contributed by atoms with van der Waals surface area (Å²) in [6.45, 7) is 6.76. The third kappa shape index (κ3) is 4.01. The highest BCUT2D eigenvalue weighted by Crippen LogP contribution is 2.44. The molecular formula is C22H27NO3. The van der Waals surface area contributed by atoms with Crippen molar-refractivity contribution in [1.82, 2.24) is 0 Å². The fourth-order valence-electron chi connectivity index (χ4n) is 3.32. The molecule has 0 heterocycles. The van der Waals surface area contributed by atoms with E-state index in [1.807, 2.05) is 12.1 Å². The van der Waals surface area contributed by atoms with Crippen LogP contribution < -0.4 is 10.1 Å². The standard InChI is InChI=1S/C22H27NO3/c1-5-16-11-15(3)20(12-14(16)2)26-13-18-7-6-8-19(17-9-10-17)21(18)23-22(24)25-4/h6-8,11-12,17H,5,9-10,13H2,1-4H3,(H,23,24). The van der Waals surface area contributed by atoms with Crippen LogP contribution in [0.3, 0.4) is 0 Å². The van der Waals surface area contributed by atoms with Crippen LogP contribution in [-0.4, -0.2) is 13.2 Å². The monoisotopic (exact) mass is 353 g/mol. The number of aryl methyl sites for hydroxylation is 3. The van der Waals surface area contributed by atoms with E-state index in [0.717, 1.165) is 41.8 Å². The Hall–Kier alpha value is -2.49. The molecule has 3 rings (SSSR count). The number of rotatable bonds is 6. The average molecular weight is 353 g/mol. The number of hydrogen-bond donors (Lipinski definition) is 1. The van der Waals surface area contributed by atoms with E-state index in [4.69, 9.17) is 9.47 Å². The van der Waals surface area contributed by atoms with Crippen LogP contribution in [0, 0.1) is 13.8 Å². The Morgan fingerprint density at radius 3 is 2.58 bits per heavy atom. The summed E-state index contributed by atoms with van der Waals surface area (Å²) >= 11 is 0. The number of carbonyl (C=O) groups is 1. The molecular weight excluding hydrogens is 326 g/mol. The lowest BCUT2D eigenvalue weighted by Gasteiger charge is -2.17. The molecule has 1 fully saturated rings. The third-order valence-electron chi connectivity index (χ3n) is 5.01. The number of carbonyl (C=O) groups excluding carboxylic acids is 1. The topological polar surface area (TPSA) is 47.6 Å². The summed E-state index contributed by atoms with van der Waals surface area (Å²) in [7, 11) is 1.38. The summed E-state index contributed by atoms with van der Waals surface area (Å²) in [5, 5.41) is 2.89. The van der Waals surface area contributed by atoms with Gasteiger partial charge in [-0.3, -0.25) is 5.32 Å². The lowest BCUT2D eigenvalue weighted by atomic mass is 10.0. The third-order valence-corrected chi connectivity index (χ3v) is 5.01. The van der Waals surface area contributed by atoms with E-state index < -0.39 is 6.09 Å². The van der Waals surface area contributed by atoms with Gasteiger partial charge in [0.1, 0.15) is 12.4 Å². The van der Waals surface area contributed by atoms with Gasteiger partial charge in [0.15, 0.2) is 0 Å². The van der Waals surface area contributed by atoms with Crippen molar-refractivity contribution < 1.29 is 14.3 Å². The average Bonchev–Trinajstić information content (AvgIpc) is 3.47. The van der Waals surface area contributed by atoms with Gasteiger partial charge in [-0.25, -0.2) is 4.79 Å². The van der Waals surface area contributed by atoms with Crippen LogP contribution in [0.1, 0.15) is 53.5 Å². The minimum absolute atomic E-state index is 0.408. The minimum atomic E-state index is -0.446. The van der Waals surface area contributed by atoms with Gasteiger partial charge in [0.25, 0.3) is 0 Å². The van der Waals surface area contributed by atoms with Gasteiger partial charge in [0.05, 0.1) is 12.8 Å². The highest BCUT2D eigenvalue weighted by molar-refractivity contribution is 5.87. The molecule has 0 unspecified atom stereocenters. The lowest BCUT2D eigenvalue weighted by Crippen LogP contribution is -2.15. The number of para-hydroxylation sites is 1. The van der Waals surface area contributed by atoms with Crippen molar-refractivity contribution in [3.05, 3.63) is 58.1 Å². The second-order valence-corrected chi connectivity index (χ2v) is 6.96. The number of ether oxygens (including phenoxy) is 2. The molecule has 0 spiro atoms. The van der Waals surface area contributed by atoms with Crippen molar-refractivity contribution in [3.63, 3.8) is 0 Å². The van der Waals surface area contributed by atoms with Gasteiger partial charge in [-0.15, -0.1) is 0 Å². The molecule has 4 heteroatoms. The molecule has 0 atom stereocenters. The van der Waals surface area contributed by atoms with Gasteiger partial charge in [0, 0.05) is 5.56 Å². The Bertz CT molecular complexity index is 809. The van der Waals surface area contributed by atoms with E-state index in [2.05, 4.69) is 44.3 Å². The van der Waals surface area contributed by atoms with Crippen molar-refractivity contribution in [3.8, 4) is 5.75 Å². The molecule has 2 aromatic carbocycles. The zero-order valence-corrected chi connectivity index (χ0v) is 16.0. The number of methoxy groups -OCH3 is 1. The van der Waals surface area contributed by atoms with E-state index in [-0.39, 0.29) is 0 Å². The Morgan fingerprint density at radius 1 is 1.15 bits per heavy atom. The molecule has 4 nitrogen and oxygen atoms in total. The normalized spacial score (nSPS) is 13.4. The minimum Gasteiger partial charge on any atom is -0.489 e. The maximum absolute atomic E-state index is 11.8. The van der Waals surface area contributed by atoms with Gasteiger partial charge in [-0.1, -0.05) is 31.2 Å².